The second-order valence-electron chi connectivity index (χ2n) is 7.45. The minimum atomic E-state index is -0.245. The van der Waals surface area contributed by atoms with Gasteiger partial charge in [0.05, 0.1) is 11.5 Å². The average Bonchev–Trinajstić information content (AvgIpc) is 2.42. The Kier molecular flexibility index (Phi) is 4.04. The molecule has 1 aromatic rings. The molecule has 0 amide bonds. The zero-order chi connectivity index (χ0) is 14.9. The second-order valence-corrected chi connectivity index (χ2v) is 7.45. The van der Waals surface area contributed by atoms with Crippen LogP contribution in [0.4, 0.5) is 0 Å². The standard InChI is InChI=1S/C19H26N2/c1-14-8-15(2)10-17(9-14)21-18-11-19(12-18,13-20)16-6-4-3-5-7-16/h3-7,14-15,17-18,21H,8-12H2,1-2H3. The number of nitriles is 1. The minimum absolute atomic E-state index is 0.245. The fourth-order valence-corrected chi connectivity index (χ4v) is 4.46. The third-order valence-corrected chi connectivity index (χ3v) is 5.38. The maximum Gasteiger partial charge on any atom is 0.0852 e. The molecule has 3 rings (SSSR count). The molecule has 21 heavy (non-hydrogen) atoms. The predicted octanol–water partition coefficient (Wildman–Crippen LogP) is 4.02. The van der Waals surface area contributed by atoms with Crippen molar-refractivity contribution in [2.24, 2.45) is 11.8 Å². The van der Waals surface area contributed by atoms with Crippen LogP contribution in [0.15, 0.2) is 30.3 Å². The lowest BCUT2D eigenvalue weighted by Gasteiger charge is -2.46. The van der Waals surface area contributed by atoms with E-state index in [1.165, 1.54) is 24.8 Å². The molecular formula is C19H26N2. The first-order chi connectivity index (χ1) is 10.1. The SMILES string of the molecule is CC1CC(C)CC(NC2CC(C#N)(c3ccccc3)C2)C1. The molecule has 0 heterocycles. The first-order valence-corrected chi connectivity index (χ1v) is 8.34. The highest BCUT2D eigenvalue weighted by Crippen LogP contribution is 2.44. The van der Waals surface area contributed by atoms with Gasteiger partial charge in [-0.15, -0.1) is 0 Å². The van der Waals surface area contributed by atoms with E-state index in [-0.39, 0.29) is 5.41 Å². The smallest absolute Gasteiger partial charge is 0.0852 e. The van der Waals surface area contributed by atoms with Gasteiger partial charge >= 0.3 is 0 Å². The summed E-state index contributed by atoms with van der Waals surface area (Å²) in [6.07, 6.45) is 5.89. The summed E-state index contributed by atoms with van der Waals surface area (Å²) in [6, 6.07) is 14.1. The van der Waals surface area contributed by atoms with Gasteiger partial charge in [-0.1, -0.05) is 44.2 Å². The molecule has 0 saturated heterocycles. The molecule has 2 unspecified atom stereocenters. The molecule has 1 N–H and O–H groups in total. The van der Waals surface area contributed by atoms with E-state index in [1.54, 1.807) is 0 Å². The van der Waals surface area contributed by atoms with Crippen molar-refractivity contribution in [2.45, 2.75) is 63.5 Å². The van der Waals surface area contributed by atoms with Crippen LogP contribution in [-0.2, 0) is 5.41 Å². The molecule has 2 aliphatic rings. The maximum absolute atomic E-state index is 9.62. The fourth-order valence-electron chi connectivity index (χ4n) is 4.46. The Balaban J connectivity index is 1.59. The molecule has 2 fully saturated rings. The highest BCUT2D eigenvalue weighted by atomic mass is 15.0. The summed E-state index contributed by atoms with van der Waals surface area (Å²) in [5, 5.41) is 13.4. The summed E-state index contributed by atoms with van der Waals surface area (Å²) in [6.45, 7) is 4.74. The molecule has 0 aromatic heterocycles. The second kappa shape index (κ2) is 5.81. The van der Waals surface area contributed by atoms with Gasteiger partial charge in [-0.2, -0.15) is 5.26 Å². The normalized spacial score (nSPS) is 39.3. The van der Waals surface area contributed by atoms with Crippen LogP contribution in [0, 0.1) is 23.2 Å². The molecular weight excluding hydrogens is 256 g/mol. The molecule has 2 saturated carbocycles. The Morgan fingerprint density at radius 2 is 1.62 bits per heavy atom. The number of rotatable bonds is 3. The number of benzene rings is 1. The summed E-state index contributed by atoms with van der Waals surface area (Å²) in [5.41, 5.74) is 0.945. The van der Waals surface area contributed by atoms with Crippen LogP contribution in [0.1, 0.15) is 51.5 Å². The summed E-state index contributed by atoms with van der Waals surface area (Å²) >= 11 is 0. The van der Waals surface area contributed by atoms with E-state index in [1.807, 2.05) is 18.2 Å². The monoisotopic (exact) mass is 282 g/mol. The molecule has 2 aliphatic carbocycles. The van der Waals surface area contributed by atoms with E-state index in [9.17, 15) is 5.26 Å². The van der Waals surface area contributed by atoms with E-state index in [4.69, 9.17) is 0 Å². The molecule has 2 nitrogen and oxygen atoms in total. The van der Waals surface area contributed by atoms with E-state index < -0.39 is 0 Å². The molecule has 1 aromatic carbocycles. The van der Waals surface area contributed by atoms with Crippen molar-refractivity contribution >= 4 is 0 Å². The van der Waals surface area contributed by atoms with Crippen LogP contribution in [0.2, 0.25) is 0 Å². The van der Waals surface area contributed by atoms with Crippen LogP contribution in [0.25, 0.3) is 0 Å². The third-order valence-electron chi connectivity index (χ3n) is 5.38. The van der Waals surface area contributed by atoms with Gasteiger partial charge in [-0.05, 0) is 49.5 Å². The molecule has 2 heteroatoms. The van der Waals surface area contributed by atoms with E-state index in [0.29, 0.717) is 12.1 Å². The van der Waals surface area contributed by atoms with Crippen LogP contribution in [0.3, 0.4) is 0 Å². The lowest BCUT2D eigenvalue weighted by Crippen LogP contribution is -2.54. The average molecular weight is 282 g/mol. The molecule has 112 valence electrons. The Labute approximate surface area is 128 Å². The van der Waals surface area contributed by atoms with Crippen molar-refractivity contribution in [3.05, 3.63) is 35.9 Å². The van der Waals surface area contributed by atoms with Gasteiger partial charge in [0.1, 0.15) is 0 Å². The van der Waals surface area contributed by atoms with Crippen LogP contribution in [-0.4, -0.2) is 12.1 Å². The highest BCUT2D eigenvalue weighted by molar-refractivity contribution is 5.36. The van der Waals surface area contributed by atoms with Crippen molar-refractivity contribution in [1.82, 2.24) is 5.32 Å². The van der Waals surface area contributed by atoms with Gasteiger partial charge in [0.15, 0.2) is 0 Å². The first-order valence-electron chi connectivity index (χ1n) is 8.34. The van der Waals surface area contributed by atoms with Gasteiger partial charge in [-0.3, -0.25) is 0 Å². The van der Waals surface area contributed by atoms with Crippen LogP contribution >= 0.6 is 0 Å². The topological polar surface area (TPSA) is 35.8 Å². The summed E-state index contributed by atoms with van der Waals surface area (Å²) < 4.78 is 0. The molecule has 0 spiro atoms. The highest BCUT2D eigenvalue weighted by Gasteiger charge is 2.46. The quantitative estimate of drug-likeness (QED) is 0.908. The number of hydrogen-bond donors (Lipinski definition) is 1. The predicted molar refractivity (Wildman–Crippen MR) is 85.9 cm³/mol. The lowest BCUT2D eigenvalue weighted by atomic mass is 9.62. The van der Waals surface area contributed by atoms with Gasteiger partial charge < -0.3 is 5.32 Å². The van der Waals surface area contributed by atoms with Gasteiger partial charge in [-0.25, -0.2) is 0 Å². The molecule has 0 radical (unpaired) electrons. The number of hydrogen-bond acceptors (Lipinski definition) is 2. The van der Waals surface area contributed by atoms with Crippen molar-refractivity contribution in [3.63, 3.8) is 0 Å². The van der Waals surface area contributed by atoms with Crippen LogP contribution < -0.4 is 5.32 Å². The van der Waals surface area contributed by atoms with E-state index >= 15 is 0 Å². The summed E-state index contributed by atoms with van der Waals surface area (Å²) in [4.78, 5) is 0. The Hall–Kier alpha value is -1.33. The van der Waals surface area contributed by atoms with Crippen molar-refractivity contribution in [3.8, 4) is 6.07 Å². The zero-order valence-electron chi connectivity index (χ0n) is 13.2. The van der Waals surface area contributed by atoms with E-state index in [2.05, 4.69) is 37.4 Å². The number of nitrogens with zero attached hydrogens (tertiary/aromatic N) is 1. The van der Waals surface area contributed by atoms with Gasteiger partial charge in [0.25, 0.3) is 0 Å². The summed E-state index contributed by atoms with van der Waals surface area (Å²) in [5.74, 6) is 1.67. The van der Waals surface area contributed by atoms with Gasteiger partial charge in [0, 0.05) is 12.1 Å². The van der Waals surface area contributed by atoms with E-state index in [0.717, 1.165) is 24.7 Å². The molecule has 0 bridgehead atoms. The minimum Gasteiger partial charge on any atom is -0.311 e. The Bertz CT molecular complexity index is 500. The molecule has 2 atom stereocenters. The Morgan fingerprint density at radius 3 is 2.19 bits per heavy atom. The maximum atomic E-state index is 9.62. The van der Waals surface area contributed by atoms with Gasteiger partial charge in [0.2, 0.25) is 0 Å². The Morgan fingerprint density at radius 1 is 1.00 bits per heavy atom. The largest absolute Gasteiger partial charge is 0.311 e. The zero-order valence-corrected chi connectivity index (χ0v) is 13.2. The lowest BCUT2D eigenvalue weighted by molar-refractivity contribution is 0.163. The van der Waals surface area contributed by atoms with Crippen molar-refractivity contribution in [2.75, 3.05) is 0 Å². The number of nitrogens with one attached hydrogen (secondary N) is 1. The summed E-state index contributed by atoms with van der Waals surface area (Å²) in [7, 11) is 0. The van der Waals surface area contributed by atoms with Crippen molar-refractivity contribution in [1.29, 1.82) is 5.26 Å². The van der Waals surface area contributed by atoms with Crippen molar-refractivity contribution < 1.29 is 0 Å². The van der Waals surface area contributed by atoms with Crippen LogP contribution in [0.5, 0.6) is 0 Å². The third kappa shape index (κ3) is 2.99. The first kappa shape index (κ1) is 14.6. The molecule has 0 aliphatic heterocycles. The fraction of sp³-hybridized carbons (Fsp3) is 0.632.